The average Bonchev–Trinajstić information content (AvgIpc) is 3.68. The Kier molecular flexibility index (Phi) is 8.14. The molecule has 0 amide bonds. The van der Waals surface area contributed by atoms with Crippen LogP contribution in [-0.2, 0) is 33.2 Å². The highest BCUT2D eigenvalue weighted by Gasteiger charge is 2.56. The minimum Gasteiger partial charge on any atom is -0.502 e. The third kappa shape index (κ3) is 5.14. The highest BCUT2D eigenvalue weighted by atomic mass is 16.8. The summed E-state index contributed by atoms with van der Waals surface area (Å²) in [6.45, 7) is 0.578. The van der Waals surface area contributed by atoms with Crippen molar-refractivity contribution in [2.75, 3.05) is 47.9 Å². The molecule has 3 N–H and O–H groups in total. The van der Waals surface area contributed by atoms with E-state index in [4.69, 9.17) is 47.4 Å². The van der Waals surface area contributed by atoms with Gasteiger partial charge in [-0.25, -0.2) is 0 Å². The maximum Gasteiger partial charge on any atom is 0.310 e. The monoisotopic (exact) mass is 632 g/mol. The quantitative estimate of drug-likeness (QED) is 0.357. The number of aliphatic hydroxyl groups is 2. The Hall–Kier alpha value is -3.37. The standard InChI is InChI=1S/C31H36O14/c1-36-5-4-22-39-11-21-29(44-22)26(33)27(34)31(43-21)45-28-15-9-18-17(41-12-42-18)8-14(15)23(24-16(28)10-40-30(24)35)13-6-19(37-2)25(32)20(7-13)38-3/h6-9,16,21-24,26-29,31-34H,4-5,10-12H2,1-3H3/t16-,21?,22?,23+,24-,26?,27?,28+,29?,31?/m0/s1. The summed E-state index contributed by atoms with van der Waals surface area (Å²) in [6.07, 6.45) is -6.60. The van der Waals surface area contributed by atoms with Crippen LogP contribution in [0.1, 0.15) is 35.1 Å². The van der Waals surface area contributed by atoms with Gasteiger partial charge in [0.25, 0.3) is 0 Å². The van der Waals surface area contributed by atoms with Crippen LogP contribution < -0.4 is 18.9 Å². The molecule has 4 heterocycles. The molecule has 2 aromatic carbocycles. The molecule has 244 valence electrons. The van der Waals surface area contributed by atoms with E-state index in [1.165, 1.54) is 14.2 Å². The van der Waals surface area contributed by atoms with E-state index in [0.29, 0.717) is 41.2 Å². The molecule has 14 nitrogen and oxygen atoms in total. The smallest absolute Gasteiger partial charge is 0.310 e. The fraction of sp³-hybridized carbons (Fsp3) is 0.581. The van der Waals surface area contributed by atoms with E-state index in [1.54, 1.807) is 31.4 Å². The Bertz CT molecular complexity index is 1400. The van der Waals surface area contributed by atoms with Gasteiger partial charge in [0.1, 0.15) is 24.4 Å². The number of rotatable bonds is 8. The van der Waals surface area contributed by atoms with Crippen LogP contribution in [-0.4, -0.2) is 106 Å². The molecule has 45 heavy (non-hydrogen) atoms. The highest BCUT2D eigenvalue weighted by Crippen LogP contribution is 2.57. The molecule has 3 saturated heterocycles. The first-order chi connectivity index (χ1) is 21.8. The van der Waals surface area contributed by atoms with Gasteiger partial charge in [0.2, 0.25) is 12.5 Å². The number of phenolic OH excluding ortho intramolecular Hbond substituents is 1. The van der Waals surface area contributed by atoms with Crippen molar-refractivity contribution in [2.24, 2.45) is 11.8 Å². The van der Waals surface area contributed by atoms with Crippen LogP contribution in [0.25, 0.3) is 0 Å². The van der Waals surface area contributed by atoms with E-state index < -0.39 is 66.8 Å². The summed E-state index contributed by atoms with van der Waals surface area (Å²) in [5.41, 5.74) is 1.99. The summed E-state index contributed by atoms with van der Waals surface area (Å²) in [5.74, 6) is -1.10. The lowest BCUT2D eigenvalue weighted by molar-refractivity contribution is -0.368. The molecule has 0 bridgehead atoms. The number of phenols is 1. The van der Waals surface area contributed by atoms with Gasteiger partial charge in [-0.3, -0.25) is 4.79 Å². The molecule has 1 aliphatic carbocycles. The fourth-order valence-corrected chi connectivity index (χ4v) is 7.03. The summed E-state index contributed by atoms with van der Waals surface area (Å²) in [6, 6.07) is 6.92. The Morgan fingerprint density at radius 2 is 1.60 bits per heavy atom. The molecule has 0 radical (unpaired) electrons. The Morgan fingerprint density at radius 3 is 2.29 bits per heavy atom. The molecular formula is C31H36O14. The second kappa shape index (κ2) is 12.1. The molecule has 2 aromatic rings. The first kappa shape index (κ1) is 30.3. The molecule has 5 aliphatic rings. The molecule has 0 saturated carbocycles. The summed E-state index contributed by atoms with van der Waals surface area (Å²) < 4.78 is 57.3. The molecule has 7 rings (SSSR count). The van der Waals surface area contributed by atoms with E-state index >= 15 is 0 Å². The van der Waals surface area contributed by atoms with Gasteiger partial charge in [-0.1, -0.05) is 0 Å². The van der Waals surface area contributed by atoms with Gasteiger partial charge < -0.3 is 62.7 Å². The molecule has 6 unspecified atom stereocenters. The Balaban J connectivity index is 1.25. The van der Waals surface area contributed by atoms with Crippen LogP contribution in [0.2, 0.25) is 0 Å². The zero-order chi connectivity index (χ0) is 31.4. The van der Waals surface area contributed by atoms with Crippen LogP contribution in [0.4, 0.5) is 0 Å². The van der Waals surface area contributed by atoms with Crippen molar-refractivity contribution in [2.45, 2.75) is 55.4 Å². The number of ether oxygens (including phenoxy) is 10. The van der Waals surface area contributed by atoms with Gasteiger partial charge in [0, 0.05) is 25.4 Å². The van der Waals surface area contributed by atoms with E-state index in [9.17, 15) is 20.1 Å². The van der Waals surface area contributed by atoms with Gasteiger partial charge in [0.15, 0.2) is 35.6 Å². The lowest BCUT2D eigenvalue weighted by Crippen LogP contribution is -2.63. The SMILES string of the molecule is COCCC1OCC2OC(O[C@@H]3c4cc5c(cc4[C@@H](c4cc(OC)c(O)c(OC)c4)[C@H]4C(=O)OC[C@@H]43)OCO5)C(O)C(O)C2O1. The number of benzene rings is 2. The third-order valence-corrected chi connectivity index (χ3v) is 9.21. The second-order valence-corrected chi connectivity index (χ2v) is 11.6. The van der Waals surface area contributed by atoms with E-state index in [0.717, 1.165) is 0 Å². The number of aliphatic hydroxyl groups excluding tert-OH is 2. The predicted octanol–water partition coefficient (Wildman–Crippen LogP) is 1.36. The number of methoxy groups -OCH3 is 3. The highest BCUT2D eigenvalue weighted by molar-refractivity contribution is 5.79. The van der Waals surface area contributed by atoms with Crippen LogP contribution in [0.5, 0.6) is 28.7 Å². The molecule has 10 atom stereocenters. The van der Waals surface area contributed by atoms with Crippen molar-refractivity contribution in [1.82, 2.24) is 0 Å². The Morgan fingerprint density at radius 1 is 0.889 bits per heavy atom. The van der Waals surface area contributed by atoms with E-state index in [-0.39, 0.29) is 37.3 Å². The number of carbonyl (C=O) groups excluding carboxylic acids is 1. The first-order valence-electron chi connectivity index (χ1n) is 14.8. The van der Waals surface area contributed by atoms with E-state index in [1.807, 2.05) is 0 Å². The topological polar surface area (TPSA) is 170 Å². The van der Waals surface area contributed by atoms with Crippen molar-refractivity contribution >= 4 is 5.97 Å². The van der Waals surface area contributed by atoms with Gasteiger partial charge in [0.05, 0.1) is 46.1 Å². The largest absolute Gasteiger partial charge is 0.502 e. The Labute approximate surface area is 258 Å². The van der Waals surface area contributed by atoms with Crippen molar-refractivity contribution in [3.8, 4) is 28.7 Å². The number of carbonyl (C=O) groups is 1. The van der Waals surface area contributed by atoms with Gasteiger partial charge in [-0.05, 0) is 41.0 Å². The number of aromatic hydroxyl groups is 1. The van der Waals surface area contributed by atoms with Crippen molar-refractivity contribution in [3.05, 3.63) is 41.0 Å². The number of fused-ring (bicyclic) bond motifs is 4. The van der Waals surface area contributed by atoms with Gasteiger partial charge >= 0.3 is 5.97 Å². The normalized spacial score (nSPS) is 34.8. The van der Waals surface area contributed by atoms with Crippen LogP contribution in [0, 0.1) is 11.8 Å². The van der Waals surface area contributed by atoms with Gasteiger partial charge in [-0.2, -0.15) is 0 Å². The lowest BCUT2D eigenvalue weighted by atomic mass is 9.66. The van der Waals surface area contributed by atoms with Crippen LogP contribution in [0.15, 0.2) is 24.3 Å². The molecule has 14 heteroatoms. The minimum atomic E-state index is -1.47. The summed E-state index contributed by atoms with van der Waals surface area (Å²) in [4.78, 5) is 13.5. The second-order valence-electron chi connectivity index (χ2n) is 11.6. The first-order valence-corrected chi connectivity index (χ1v) is 14.8. The van der Waals surface area contributed by atoms with Crippen molar-refractivity contribution in [3.63, 3.8) is 0 Å². The van der Waals surface area contributed by atoms with Gasteiger partial charge in [-0.15, -0.1) is 0 Å². The molecule has 3 fully saturated rings. The summed E-state index contributed by atoms with van der Waals surface area (Å²) in [5, 5.41) is 32.9. The molecule has 4 aliphatic heterocycles. The predicted molar refractivity (Wildman–Crippen MR) is 149 cm³/mol. The lowest BCUT2D eigenvalue weighted by Gasteiger charge is -2.48. The molecular weight excluding hydrogens is 596 g/mol. The summed E-state index contributed by atoms with van der Waals surface area (Å²) >= 11 is 0. The third-order valence-electron chi connectivity index (χ3n) is 9.21. The molecule has 0 aromatic heterocycles. The summed E-state index contributed by atoms with van der Waals surface area (Å²) in [7, 11) is 4.43. The van der Waals surface area contributed by atoms with Crippen molar-refractivity contribution < 1.29 is 67.5 Å². The number of hydrogen-bond acceptors (Lipinski definition) is 14. The zero-order valence-corrected chi connectivity index (χ0v) is 25.0. The number of hydrogen-bond donors (Lipinski definition) is 3. The van der Waals surface area contributed by atoms with E-state index in [2.05, 4.69) is 0 Å². The number of esters is 1. The maximum absolute atomic E-state index is 13.5. The fourth-order valence-electron chi connectivity index (χ4n) is 7.03. The minimum absolute atomic E-state index is 0.0231. The van der Waals surface area contributed by atoms with Crippen LogP contribution in [0.3, 0.4) is 0 Å². The average molecular weight is 633 g/mol. The van der Waals surface area contributed by atoms with Crippen molar-refractivity contribution in [1.29, 1.82) is 0 Å². The molecule has 0 spiro atoms. The maximum atomic E-state index is 13.5. The number of cyclic esters (lactones) is 1. The zero-order valence-electron chi connectivity index (χ0n) is 25.0. The van der Waals surface area contributed by atoms with Crippen LogP contribution >= 0.6 is 0 Å².